The molecule has 1 unspecified atom stereocenters. The van der Waals surface area contributed by atoms with Gasteiger partial charge in [-0.1, -0.05) is 18.5 Å². The van der Waals surface area contributed by atoms with E-state index in [1.165, 1.54) is 18.4 Å². The third-order valence-corrected chi connectivity index (χ3v) is 3.59. The van der Waals surface area contributed by atoms with E-state index in [1.807, 2.05) is 11.6 Å². The molecular formula is C11H17ClN2. The van der Waals surface area contributed by atoms with E-state index in [0.717, 1.165) is 23.2 Å². The Balaban J connectivity index is 2.33. The predicted molar refractivity (Wildman–Crippen MR) is 58.8 cm³/mol. The van der Waals surface area contributed by atoms with E-state index in [9.17, 15) is 0 Å². The summed E-state index contributed by atoms with van der Waals surface area (Å²) in [6.07, 6.45) is 3.64. The normalized spacial score (nSPS) is 18.6. The molecule has 0 aromatic carbocycles. The van der Waals surface area contributed by atoms with E-state index in [-0.39, 0.29) is 0 Å². The lowest BCUT2D eigenvalue weighted by Crippen LogP contribution is -2.09. The second-order valence-corrected chi connectivity index (χ2v) is 4.59. The van der Waals surface area contributed by atoms with E-state index >= 15 is 0 Å². The van der Waals surface area contributed by atoms with Gasteiger partial charge in [-0.05, 0) is 39.0 Å². The van der Waals surface area contributed by atoms with Crippen LogP contribution in [0.1, 0.15) is 44.0 Å². The van der Waals surface area contributed by atoms with Gasteiger partial charge < -0.3 is 0 Å². The summed E-state index contributed by atoms with van der Waals surface area (Å²) in [6, 6.07) is 0.474. The minimum atomic E-state index is 0.474. The monoisotopic (exact) mass is 212 g/mol. The number of nitrogens with zero attached hydrogens (tertiary/aromatic N) is 2. The molecule has 0 aliphatic heterocycles. The van der Waals surface area contributed by atoms with Crippen molar-refractivity contribution < 1.29 is 0 Å². The van der Waals surface area contributed by atoms with Crippen molar-refractivity contribution in [2.45, 2.75) is 46.1 Å². The van der Waals surface area contributed by atoms with Gasteiger partial charge in [-0.2, -0.15) is 5.10 Å². The van der Waals surface area contributed by atoms with Crippen molar-refractivity contribution in [2.24, 2.45) is 5.92 Å². The number of hydrogen-bond donors (Lipinski definition) is 0. The summed E-state index contributed by atoms with van der Waals surface area (Å²) >= 11 is 6.30. The molecule has 0 spiro atoms. The number of aromatic nitrogens is 2. The molecule has 3 heteroatoms. The van der Waals surface area contributed by atoms with E-state index in [0.29, 0.717) is 6.04 Å². The lowest BCUT2D eigenvalue weighted by molar-refractivity contribution is 0.438. The zero-order valence-corrected chi connectivity index (χ0v) is 9.80. The molecule has 1 aliphatic carbocycles. The molecule has 0 saturated heterocycles. The fraction of sp³-hybridized carbons (Fsp3) is 0.727. The van der Waals surface area contributed by atoms with Gasteiger partial charge in [0.05, 0.1) is 11.7 Å². The van der Waals surface area contributed by atoms with Crippen LogP contribution in [0.3, 0.4) is 0 Å². The Bertz CT molecular complexity index is 339. The van der Waals surface area contributed by atoms with Crippen molar-refractivity contribution in [3.8, 4) is 0 Å². The summed E-state index contributed by atoms with van der Waals surface area (Å²) in [7, 11) is 0. The zero-order valence-electron chi connectivity index (χ0n) is 9.05. The van der Waals surface area contributed by atoms with Gasteiger partial charge in [0.2, 0.25) is 0 Å². The van der Waals surface area contributed by atoms with Crippen molar-refractivity contribution in [1.82, 2.24) is 9.78 Å². The van der Waals surface area contributed by atoms with E-state index in [1.54, 1.807) is 0 Å². The molecule has 1 heterocycles. The Morgan fingerprint density at radius 3 is 2.64 bits per heavy atom. The maximum Gasteiger partial charge on any atom is 0.130 e. The smallest absolute Gasteiger partial charge is 0.130 e. The van der Waals surface area contributed by atoms with E-state index in [2.05, 4.69) is 18.9 Å². The van der Waals surface area contributed by atoms with Crippen LogP contribution in [0, 0.1) is 12.8 Å². The van der Waals surface area contributed by atoms with Gasteiger partial charge >= 0.3 is 0 Å². The topological polar surface area (TPSA) is 17.8 Å². The molecule has 1 aliphatic rings. The molecule has 0 amide bonds. The van der Waals surface area contributed by atoms with Crippen LogP contribution in [-0.4, -0.2) is 9.78 Å². The maximum atomic E-state index is 6.30. The molecule has 1 aromatic heterocycles. The summed E-state index contributed by atoms with van der Waals surface area (Å²) in [5, 5.41) is 5.38. The quantitative estimate of drug-likeness (QED) is 0.751. The zero-order chi connectivity index (χ0) is 10.3. The fourth-order valence-corrected chi connectivity index (χ4v) is 2.47. The van der Waals surface area contributed by atoms with Crippen LogP contribution >= 0.6 is 11.6 Å². The second kappa shape index (κ2) is 3.58. The van der Waals surface area contributed by atoms with Crippen LogP contribution in [0.5, 0.6) is 0 Å². The maximum absolute atomic E-state index is 6.30. The van der Waals surface area contributed by atoms with Crippen LogP contribution in [0.2, 0.25) is 5.15 Å². The highest BCUT2D eigenvalue weighted by Crippen LogP contribution is 2.40. The van der Waals surface area contributed by atoms with E-state index in [4.69, 9.17) is 11.6 Å². The standard InChI is InChI=1S/C11H17ClN2/c1-4-10-7(2)13-14(11(10)12)8(3)9-5-6-9/h8-9H,4-6H2,1-3H3. The van der Waals surface area contributed by atoms with Crippen LogP contribution in [0.4, 0.5) is 0 Å². The Kier molecular flexibility index (Phi) is 2.56. The van der Waals surface area contributed by atoms with Crippen molar-refractivity contribution in [3.63, 3.8) is 0 Å². The molecule has 1 fully saturated rings. The average Bonchev–Trinajstić information content (AvgIpc) is 2.93. The summed E-state index contributed by atoms with van der Waals surface area (Å²) in [5.74, 6) is 0.802. The summed E-state index contributed by atoms with van der Waals surface area (Å²) in [4.78, 5) is 0. The van der Waals surface area contributed by atoms with Crippen LogP contribution in [0.25, 0.3) is 0 Å². The predicted octanol–water partition coefficient (Wildman–Crippen LogP) is 3.38. The fourth-order valence-electron chi connectivity index (χ4n) is 2.00. The van der Waals surface area contributed by atoms with Gasteiger partial charge in [0.1, 0.15) is 5.15 Å². The highest BCUT2D eigenvalue weighted by molar-refractivity contribution is 6.30. The molecular weight excluding hydrogens is 196 g/mol. The molecule has 2 rings (SSSR count). The van der Waals surface area contributed by atoms with Gasteiger partial charge in [-0.25, -0.2) is 0 Å². The third-order valence-electron chi connectivity index (χ3n) is 3.19. The van der Waals surface area contributed by atoms with Crippen LogP contribution in [0.15, 0.2) is 0 Å². The molecule has 0 radical (unpaired) electrons. The molecule has 0 bridgehead atoms. The Morgan fingerprint density at radius 1 is 1.57 bits per heavy atom. The van der Waals surface area contributed by atoms with Gasteiger partial charge in [0.25, 0.3) is 0 Å². The molecule has 14 heavy (non-hydrogen) atoms. The average molecular weight is 213 g/mol. The Morgan fingerprint density at radius 2 is 2.21 bits per heavy atom. The first-order valence-electron chi connectivity index (χ1n) is 5.38. The molecule has 78 valence electrons. The Hall–Kier alpha value is -0.500. The highest BCUT2D eigenvalue weighted by Gasteiger charge is 2.31. The number of aryl methyl sites for hydroxylation is 1. The first-order valence-corrected chi connectivity index (χ1v) is 5.76. The Labute approximate surface area is 90.3 Å². The van der Waals surface area contributed by atoms with Crippen molar-refractivity contribution >= 4 is 11.6 Å². The van der Waals surface area contributed by atoms with Crippen molar-refractivity contribution in [1.29, 1.82) is 0 Å². The third kappa shape index (κ3) is 1.56. The molecule has 1 atom stereocenters. The van der Waals surface area contributed by atoms with Crippen LogP contribution < -0.4 is 0 Å². The SMILES string of the molecule is CCc1c(C)nn(C(C)C2CC2)c1Cl. The summed E-state index contributed by atoms with van der Waals surface area (Å²) in [6.45, 7) is 6.39. The van der Waals surface area contributed by atoms with Gasteiger partial charge in [0.15, 0.2) is 0 Å². The first kappa shape index (κ1) is 10.0. The van der Waals surface area contributed by atoms with E-state index < -0.39 is 0 Å². The second-order valence-electron chi connectivity index (χ2n) is 4.23. The van der Waals surface area contributed by atoms with Gasteiger partial charge in [-0.3, -0.25) is 4.68 Å². The minimum absolute atomic E-state index is 0.474. The molecule has 2 nitrogen and oxygen atoms in total. The largest absolute Gasteiger partial charge is 0.250 e. The van der Waals surface area contributed by atoms with Crippen molar-refractivity contribution in [2.75, 3.05) is 0 Å². The molecule has 1 aromatic rings. The minimum Gasteiger partial charge on any atom is -0.250 e. The van der Waals surface area contributed by atoms with Crippen LogP contribution in [-0.2, 0) is 6.42 Å². The molecule has 0 N–H and O–H groups in total. The molecule has 1 saturated carbocycles. The highest BCUT2D eigenvalue weighted by atomic mass is 35.5. The lowest BCUT2D eigenvalue weighted by atomic mass is 10.2. The number of hydrogen-bond acceptors (Lipinski definition) is 1. The summed E-state index contributed by atoms with van der Waals surface area (Å²) in [5.41, 5.74) is 2.30. The van der Waals surface area contributed by atoms with Crippen molar-refractivity contribution in [3.05, 3.63) is 16.4 Å². The van der Waals surface area contributed by atoms with Gasteiger partial charge in [-0.15, -0.1) is 0 Å². The van der Waals surface area contributed by atoms with Gasteiger partial charge in [0, 0.05) is 5.56 Å². The number of halogens is 1. The first-order chi connectivity index (χ1) is 6.65. The lowest BCUT2D eigenvalue weighted by Gasteiger charge is -2.11. The number of rotatable bonds is 3. The summed E-state index contributed by atoms with van der Waals surface area (Å²) < 4.78 is 2.01.